The molecule has 2 heterocycles. The number of anilines is 2. The van der Waals surface area contributed by atoms with Crippen LogP contribution < -0.4 is 5.32 Å². The summed E-state index contributed by atoms with van der Waals surface area (Å²) in [6.07, 6.45) is 2.65. The molecular formula is C14H13N3S. The van der Waals surface area contributed by atoms with E-state index in [-0.39, 0.29) is 0 Å². The monoisotopic (exact) mass is 255 g/mol. The molecule has 0 amide bonds. The van der Waals surface area contributed by atoms with Crippen molar-refractivity contribution in [3.63, 3.8) is 0 Å². The van der Waals surface area contributed by atoms with Crippen LogP contribution in [0.3, 0.4) is 0 Å². The number of aryl methyl sites for hydroxylation is 1. The number of nitrogens with zero attached hydrogens (tertiary/aromatic N) is 2. The lowest BCUT2D eigenvalue weighted by atomic mass is 10.3. The van der Waals surface area contributed by atoms with E-state index < -0.39 is 0 Å². The van der Waals surface area contributed by atoms with Crippen LogP contribution in [0.25, 0.3) is 10.2 Å². The van der Waals surface area contributed by atoms with Gasteiger partial charge in [-0.05, 0) is 24.6 Å². The van der Waals surface area contributed by atoms with Crippen molar-refractivity contribution >= 4 is 33.1 Å². The number of para-hydroxylation sites is 1. The van der Waals surface area contributed by atoms with Crippen molar-refractivity contribution < 1.29 is 0 Å². The minimum absolute atomic E-state index is 0.877. The van der Waals surface area contributed by atoms with Gasteiger partial charge >= 0.3 is 0 Å². The van der Waals surface area contributed by atoms with E-state index in [4.69, 9.17) is 0 Å². The van der Waals surface area contributed by atoms with Crippen molar-refractivity contribution in [2.24, 2.45) is 0 Å². The molecule has 0 spiro atoms. The summed E-state index contributed by atoms with van der Waals surface area (Å²) in [5, 5.41) is 4.44. The molecule has 3 rings (SSSR count). The number of hydrogen-bond acceptors (Lipinski definition) is 4. The third-order valence-corrected chi connectivity index (χ3v) is 3.95. The molecule has 0 aliphatic rings. The number of thiophene rings is 1. The van der Waals surface area contributed by atoms with E-state index in [1.54, 1.807) is 17.7 Å². The normalized spacial score (nSPS) is 10.7. The van der Waals surface area contributed by atoms with Crippen molar-refractivity contribution in [2.45, 2.75) is 13.3 Å². The lowest BCUT2D eigenvalue weighted by Crippen LogP contribution is -1.93. The predicted octanol–water partition coefficient (Wildman–Crippen LogP) is 4.00. The molecule has 0 saturated carbocycles. The van der Waals surface area contributed by atoms with Crippen LogP contribution in [0, 0.1) is 0 Å². The average molecular weight is 255 g/mol. The van der Waals surface area contributed by atoms with Crippen molar-refractivity contribution in [1.29, 1.82) is 0 Å². The van der Waals surface area contributed by atoms with Gasteiger partial charge in [-0.3, -0.25) is 0 Å². The number of aromatic nitrogens is 2. The van der Waals surface area contributed by atoms with Gasteiger partial charge in [-0.25, -0.2) is 9.97 Å². The first kappa shape index (κ1) is 11.2. The minimum Gasteiger partial charge on any atom is -0.340 e. The quantitative estimate of drug-likeness (QED) is 0.768. The van der Waals surface area contributed by atoms with Crippen molar-refractivity contribution in [3.8, 4) is 0 Å². The molecule has 0 saturated heterocycles. The Morgan fingerprint density at radius 2 is 2.00 bits per heavy atom. The summed E-state index contributed by atoms with van der Waals surface area (Å²) in [4.78, 5) is 11.0. The second kappa shape index (κ2) is 4.74. The zero-order valence-corrected chi connectivity index (χ0v) is 10.9. The van der Waals surface area contributed by atoms with Crippen molar-refractivity contribution in [2.75, 3.05) is 5.32 Å². The second-order valence-electron chi connectivity index (χ2n) is 4.00. The maximum atomic E-state index is 4.33. The average Bonchev–Trinajstić information content (AvgIpc) is 2.84. The maximum Gasteiger partial charge on any atom is 0.142 e. The molecule has 1 N–H and O–H groups in total. The molecule has 18 heavy (non-hydrogen) atoms. The molecule has 0 aliphatic carbocycles. The smallest absolute Gasteiger partial charge is 0.142 e. The molecule has 3 aromatic rings. The minimum atomic E-state index is 0.877. The maximum absolute atomic E-state index is 4.33. The van der Waals surface area contributed by atoms with Gasteiger partial charge in [0.25, 0.3) is 0 Å². The van der Waals surface area contributed by atoms with Crippen LogP contribution in [0.2, 0.25) is 0 Å². The Bertz CT molecular complexity index is 661. The van der Waals surface area contributed by atoms with Crippen LogP contribution in [0.1, 0.15) is 11.8 Å². The molecule has 3 nitrogen and oxygen atoms in total. The molecule has 0 radical (unpaired) electrons. The van der Waals surface area contributed by atoms with Crippen LogP contribution in [-0.4, -0.2) is 9.97 Å². The number of rotatable bonds is 3. The molecule has 0 unspecified atom stereocenters. The summed E-state index contributed by atoms with van der Waals surface area (Å²) in [7, 11) is 0. The summed E-state index contributed by atoms with van der Waals surface area (Å²) in [5.41, 5.74) is 1.04. The van der Waals surface area contributed by atoms with Gasteiger partial charge < -0.3 is 5.32 Å². The molecule has 90 valence electrons. The highest BCUT2D eigenvalue weighted by atomic mass is 32.1. The van der Waals surface area contributed by atoms with Gasteiger partial charge in [0, 0.05) is 10.6 Å². The van der Waals surface area contributed by atoms with E-state index in [1.807, 2.05) is 30.3 Å². The summed E-state index contributed by atoms with van der Waals surface area (Å²) >= 11 is 1.73. The zero-order valence-electron chi connectivity index (χ0n) is 10.1. The Labute approximate surface area is 110 Å². The van der Waals surface area contributed by atoms with E-state index in [0.29, 0.717) is 0 Å². The van der Waals surface area contributed by atoms with Crippen LogP contribution in [0.4, 0.5) is 11.5 Å². The first-order valence-electron chi connectivity index (χ1n) is 5.92. The summed E-state index contributed by atoms with van der Waals surface area (Å²) < 4.78 is 0. The van der Waals surface area contributed by atoms with Crippen molar-refractivity contribution in [1.82, 2.24) is 9.97 Å². The molecule has 0 bridgehead atoms. The lowest BCUT2D eigenvalue weighted by molar-refractivity contribution is 1.19. The third kappa shape index (κ3) is 2.07. The Morgan fingerprint density at radius 1 is 1.17 bits per heavy atom. The van der Waals surface area contributed by atoms with Crippen molar-refractivity contribution in [3.05, 3.63) is 47.6 Å². The summed E-state index contributed by atoms with van der Waals surface area (Å²) in [6.45, 7) is 2.16. The number of nitrogens with one attached hydrogen (secondary N) is 1. The highest BCUT2D eigenvalue weighted by Gasteiger charge is 2.07. The fraction of sp³-hybridized carbons (Fsp3) is 0.143. The summed E-state index contributed by atoms with van der Waals surface area (Å²) in [5.74, 6) is 0.877. The van der Waals surface area contributed by atoms with E-state index in [2.05, 4.69) is 28.3 Å². The summed E-state index contributed by atoms with van der Waals surface area (Å²) in [6, 6.07) is 12.2. The number of hydrogen-bond donors (Lipinski definition) is 1. The van der Waals surface area contributed by atoms with Crippen LogP contribution >= 0.6 is 11.3 Å². The van der Waals surface area contributed by atoms with E-state index in [0.717, 1.165) is 28.1 Å². The van der Waals surface area contributed by atoms with Gasteiger partial charge in [0.15, 0.2) is 0 Å². The fourth-order valence-corrected chi connectivity index (χ4v) is 2.77. The van der Waals surface area contributed by atoms with E-state index in [1.165, 1.54) is 4.88 Å². The van der Waals surface area contributed by atoms with Gasteiger partial charge in [-0.15, -0.1) is 11.3 Å². The standard InChI is InChI=1S/C14H13N3S/c1-2-11-8-12-13(15-9-16-14(12)18-11)17-10-6-4-3-5-7-10/h3-9H,2H2,1H3,(H,15,16,17). The van der Waals surface area contributed by atoms with Gasteiger partial charge in [0.2, 0.25) is 0 Å². The van der Waals surface area contributed by atoms with Crippen LogP contribution in [-0.2, 0) is 6.42 Å². The van der Waals surface area contributed by atoms with E-state index >= 15 is 0 Å². The first-order valence-corrected chi connectivity index (χ1v) is 6.74. The molecule has 0 aliphatic heterocycles. The molecule has 2 aromatic heterocycles. The Hall–Kier alpha value is -1.94. The second-order valence-corrected chi connectivity index (χ2v) is 5.11. The van der Waals surface area contributed by atoms with Gasteiger partial charge in [-0.2, -0.15) is 0 Å². The molecule has 0 fully saturated rings. The van der Waals surface area contributed by atoms with Gasteiger partial charge in [-0.1, -0.05) is 25.1 Å². The zero-order chi connectivity index (χ0) is 12.4. The highest BCUT2D eigenvalue weighted by Crippen LogP contribution is 2.29. The van der Waals surface area contributed by atoms with E-state index in [9.17, 15) is 0 Å². The topological polar surface area (TPSA) is 37.8 Å². The molecular weight excluding hydrogens is 242 g/mol. The Balaban J connectivity index is 2.03. The van der Waals surface area contributed by atoms with Crippen LogP contribution in [0.5, 0.6) is 0 Å². The van der Waals surface area contributed by atoms with Gasteiger partial charge in [0.05, 0.1) is 5.39 Å². The highest BCUT2D eigenvalue weighted by molar-refractivity contribution is 7.18. The van der Waals surface area contributed by atoms with Crippen LogP contribution in [0.15, 0.2) is 42.7 Å². The third-order valence-electron chi connectivity index (χ3n) is 2.77. The van der Waals surface area contributed by atoms with Gasteiger partial charge in [0.1, 0.15) is 17.0 Å². The molecule has 0 atom stereocenters. The fourth-order valence-electron chi connectivity index (χ4n) is 1.84. The Morgan fingerprint density at radius 3 is 2.78 bits per heavy atom. The lowest BCUT2D eigenvalue weighted by Gasteiger charge is -2.05. The SMILES string of the molecule is CCc1cc2c(Nc3ccccc3)ncnc2s1. The molecule has 4 heteroatoms. The predicted molar refractivity (Wildman–Crippen MR) is 76.5 cm³/mol. The number of benzene rings is 1. The first-order chi connectivity index (χ1) is 8.86. The molecule has 1 aromatic carbocycles. The Kier molecular flexibility index (Phi) is 2.94. The number of fused-ring (bicyclic) bond motifs is 1. The largest absolute Gasteiger partial charge is 0.340 e.